The van der Waals surface area contributed by atoms with Crippen LogP contribution in [0.3, 0.4) is 0 Å². The zero-order valence-electron chi connectivity index (χ0n) is 24.0. The normalized spacial score (nSPS) is 13.5. The molecule has 41 heavy (non-hydrogen) atoms. The van der Waals surface area contributed by atoms with E-state index in [2.05, 4.69) is 51.0 Å². The Morgan fingerprint density at radius 1 is 1.00 bits per heavy atom. The summed E-state index contributed by atoms with van der Waals surface area (Å²) in [5, 5.41) is 11.0. The highest BCUT2D eigenvalue weighted by Gasteiger charge is 2.21. The second kappa shape index (κ2) is 17.1. The lowest BCUT2D eigenvalue weighted by Gasteiger charge is -2.31. The molecule has 0 atom stereocenters. The van der Waals surface area contributed by atoms with Crippen molar-refractivity contribution in [2.45, 2.75) is 45.6 Å². The number of likely N-dealkylation sites (tertiary alicyclic amines) is 1. The summed E-state index contributed by atoms with van der Waals surface area (Å²) in [4.78, 5) is 15.1. The Morgan fingerprint density at radius 2 is 1.66 bits per heavy atom. The summed E-state index contributed by atoms with van der Waals surface area (Å²) in [6.45, 7) is 5.29. The molecule has 0 spiro atoms. The van der Waals surface area contributed by atoms with Gasteiger partial charge in [0.05, 0.1) is 12.1 Å². The van der Waals surface area contributed by atoms with Gasteiger partial charge in [0, 0.05) is 17.6 Å². The minimum absolute atomic E-state index is 0. The minimum atomic E-state index is -0.330. The third kappa shape index (κ3) is 9.82. The van der Waals surface area contributed by atoms with Crippen LogP contribution in [-0.4, -0.2) is 43.1 Å². The number of rotatable bonds is 8. The van der Waals surface area contributed by atoms with Crippen molar-refractivity contribution in [1.82, 2.24) is 15.4 Å². The molecule has 0 unspecified atom stereocenters. The van der Waals surface area contributed by atoms with Crippen molar-refractivity contribution in [3.63, 3.8) is 0 Å². The molecule has 1 aromatic heterocycles. The van der Waals surface area contributed by atoms with Crippen molar-refractivity contribution in [2.75, 3.05) is 32.5 Å². The van der Waals surface area contributed by atoms with E-state index in [1.807, 2.05) is 33.2 Å². The molecule has 3 aromatic carbocycles. The molecule has 4 aromatic rings. The van der Waals surface area contributed by atoms with Gasteiger partial charge in [-0.15, -0.1) is 24.8 Å². The smallest absolute Gasteiger partial charge is 0.228 e. The summed E-state index contributed by atoms with van der Waals surface area (Å²) in [5.74, 6) is 0.227. The lowest BCUT2D eigenvalue weighted by molar-refractivity contribution is -0.115. The summed E-state index contributed by atoms with van der Waals surface area (Å²) in [6, 6.07) is 20.5. The predicted octanol–water partition coefficient (Wildman–Crippen LogP) is 6.98. The van der Waals surface area contributed by atoms with Crippen LogP contribution in [-0.2, 0) is 24.2 Å². The fourth-order valence-corrected chi connectivity index (χ4v) is 5.13. The summed E-state index contributed by atoms with van der Waals surface area (Å²) in [7, 11) is 3.75. The van der Waals surface area contributed by atoms with Crippen LogP contribution in [0.2, 0.25) is 0 Å². The maximum atomic E-state index is 13.1. The molecule has 1 amide bonds. The van der Waals surface area contributed by atoms with Crippen molar-refractivity contribution in [3.05, 3.63) is 94.9 Å². The molecule has 1 saturated heterocycles. The van der Waals surface area contributed by atoms with E-state index in [1.54, 1.807) is 12.1 Å². The van der Waals surface area contributed by atoms with E-state index in [4.69, 9.17) is 4.52 Å². The molecule has 0 bridgehead atoms. The molecule has 1 aliphatic rings. The average molecular weight is 604 g/mol. The summed E-state index contributed by atoms with van der Waals surface area (Å²) < 4.78 is 18.8. The first-order valence-corrected chi connectivity index (χ1v) is 13.7. The molecule has 2 heterocycles. The molecule has 0 saturated carbocycles. The third-order valence-electron chi connectivity index (χ3n) is 7.30. The van der Waals surface area contributed by atoms with Crippen molar-refractivity contribution < 1.29 is 13.7 Å². The number of aryl methyl sites for hydroxylation is 2. The van der Waals surface area contributed by atoms with Crippen molar-refractivity contribution in [2.24, 2.45) is 5.92 Å². The van der Waals surface area contributed by atoms with Crippen LogP contribution < -0.4 is 10.6 Å². The van der Waals surface area contributed by atoms with Crippen LogP contribution in [0.25, 0.3) is 11.0 Å². The molecule has 1 fully saturated rings. The number of aromatic nitrogens is 1. The number of carbonyl (C=O) groups excluding carboxylic acids is 1. The number of fused-ring (bicyclic) bond motifs is 1. The lowest BCUT2D eigenvalue weighted by atomic mass is 9.90. The van der Waals surface area contributed by atoms with Gasteiger partial charge in [-0.3, -0.25) is 9.69 Å². The van der Waals surface area contributed by atoms with Crippen molar-refractivity contribution in [1.29, 1.82) is 0 Å². The van der Waals surface area contributed by atoms with Gasteiger partial charge in [0.1, 0.15) is 5.82 Å². The SMILES string of the molecule is CNC.Cc1c(CC(=O)Nc2ccc(F)cc2)ccc2c(CCC3CCN(Cc4ccccc4)CC3)noc12.Cl.Cl. The van der Waals surface area contributed by atoms with Crippen LogP contribution in [0.5, 0.6) is 0 Å². The molecular weight excluding hydrogens is 562 g/mol. The minimum Gasteiger partial charge on any atom is -0.356 e. The van der Waals surface area contributed by atoms with Gasteiger partial charge in [0.2, 0.25) is 5.91 Å². The number of hydrogen-bond donors (Lipinski definition) is 2. The second-order valence-corrected chi connectivity index (χ2v) is 10.3. The molecule has 0 radical (unpaired) electrons. The lowest BCUT2D eigenvalue weighted by Crippen LogP contribution is -2.33. The van der Waals surface area contributed by atoms with Crippen molar-refractivity contribution >= 4 is 47.4 Å². The third-order valence-corrected chi connectivity index (χ3v) is 7.30. The van der Waals surface area contributed by atoms with Crippen molar-refractivity contribution in [3.8, 4) is 0 Å². The van der Waals surface area contributed by atoms with Gasteiger partial charge in [-0.2, -0.15) is 0 Å². The second-order valence-electron chi connectivity index (χ2n) is 10.3. The Morgan fingerprint density at radius 3 is 2.32 bits per heavy atom. The quantitative estimate of drug-likeness (QED) is 0.228. The van der Waals surface area contributed by atoms with Gasteiger partial charge in [0.15, 0.2) is 5.58 Å². The van der Waals surface area contributed by atoms with E-state index in [-0.39, 0.29) is 43.0 Å². The maximum Gasteiger partial charge on any atom is 0.228 e. The van der Waals surface area contributed by atoms with E-state index in [0.717, 1.165) is 60.3 Å². The summed E-state index contributed by atoms with van der Waals surface area (Å²) in [5.41, 5.74) is 5.56. The van der Waals surface area contributed by atoms with Crippen LogP contribution >= 0.6 is 24.8 Å². The highest BCUT2D eigenvalue weighted by molar-refractivity contribution is 5.93. The standard InChI is InChI=1S/C30H32FN3O2.C2H7N.2ClH/c1-21-24(19-29(35)32-26-11-9-25(31)10-12-26)8-13-27-28(33-36-30(21)27)14-7-22-15-17-34(18-16-22)20-23-5-3-2-4-6-23;1-3-2;;/h2-6,8-13,22H,7,14-20H2,1H3,(H,32,35);3H,1-2H3;2*1H. The van der Waals surface area contributed by atoms with E-state index in [9.17, 15) is 9.18 Å². The van der Waals surface area contributed by atoms with Crippen LogP contribution in [0.15, 0.2) is 71.3 Å². The largest absolute Gasteiger partial charge is 0.356 e. The highest BCUT2D eigenvalue weighted by Crippen LogP contribution is 2.29. The van der Waals surface area contributed by atoms with E-state index < -0.39 is 0 Å². The number of anilines is 1. The predicted molar refractivity (Wildman–Crippen MR) is 170 cm³/mol. The number of carbonyl (C=O) groups is 1. The Bertz CT molecular complexity index is 1340. The van der Waals surface area contributed by atoms with Gasteiger partial charge in [-0.05, 0) is 113 Å². The average Bonchev–Trinajstić information content (AvgIpc) is 3.36. The first kappa shape index (κ1) is 34.2. The number of piperidine rings is 1. The number of nitrogens with one attached hydrogen (secondary N) is 2. The van der Waals surface area contributed by atoms with Crippen LogP contribution in [0.4, 0.5) is 10.1 Å². The fourth-order valence-electron chi connectivity index (χ4n) is 5.13. The first-order chi connectivity index (χ1) is 19.0. The van der Waals surface area contributed by atoms with E-state index >= 15 is 0 Å². The summed E-state index contributed by atoms with van der Waals surface area (Å²) >= 11 is 0. The van der Waals surface area contributed by atoms with Gasteiger partial charge < -0.3 is 15.2 Å². The molecule has 222 valence electrons. The fraction of sp³-hybridized carbons (Fsp3) is 0.375. The Labute approximate surface area is 254 Å². The van der Waals surface area contributed by atoms with Crippen LogP contribution in [0, 0.1) is 18.7 Å². The topological polar surface area (TPSA) is 70.4 Å². The zero-order chi connectivity index (χ0) is 27.6. The Kier molecular flexibility index (Phi) is 14.3. The number of halogens is 3. The summed E-state index contributed by atoms with van der Waals surface area (Å²) in [6.07, 6.45) is 4.67. The molecule has 6 nitrogen and oxygen atoms in total. The molecule has 1 aliphatic heterocycles. The molecular formula is C32H41Cl2FN4O2. The van der Waals surface area contributed by atoms with E-state index in [0.29, 0.717) is 11.6 Å². The monoisotopic (exact) mass is 602 g/mol. The molecule has 9 heteroatoms. The Balaban J connectivity index is 0.00000113. The maximum absolute atomic E-state index is 13.1. The van der Waals surface area contributed by atoms with Crippen LogP contribution in [0.1, 0.15) is 41.6 Å². The number of nitrogens with zero attached hydrogens (tertiary/aromatic N) is 2. The van der Waals surface area contributed by atoms with Gasteiger partial charge in [-0.25, -0.2) is 4.39 Å². The zero-order valence-corrected chi connectivity index (χ0v) is 25.6. The highest BCUT2D eigenvalue weighted by atomic mass is 35.5. The Hall–Kier alpha value is -2.97. The van der Waals surface area contributed by atoms with Gasteiger partial charge in [0.25, 0.3) is 0 Å². The molecule has 0 aliphatic carbocycles. The van der Waals surface area contributed by atoms with Gasteiger partial charge >= 0.3 is 0 Å². The number of amides is 1. The molecule has 2 N–H and O–H groups in total. The van der Waals surface area contributed by atoms with Gasteiger partial charge in [-0.1, -0.05) is 41.6 Å². The number of benzene rings is 3. The first-order valence-electron chi connectivity index (χ1n) is 13.7. The van der Waals surface area contributed by atoms with E-state index in [1.165, 1.54) is 30.5 Å². The number of hydrogen-bond acceptors (Lipinski definition) is 5. The molecule has 5 rings (SSSR count).